The number of rotatable bonds is 22. The number of benzene rings is 1. The number of ether oxygens (including phenoxy) is 5. The van der Waals surface area contributed by atoms with Crippen molar-refractivity contribution in [3.05, 3.63) is 30.1 Å². The molecule has 11 heteroatoms. The average Bonchev–Trinajstić information content (AvgIpc) is 3.33. The molecule has 0 aliphatic rings. The molecule has 0 radical (unpaired) electrons. The molecule has 222 valence electrons. The zero-order valence-electron chi connectivity index (χ0n) is 24.0. The Balaban J connectivity index is 1.31. The largest absolute Gasteiger partial charge is 0.382 e. The molecule has 1 amide bonds. The Kier molecular flexibility index (Phi) is 14.7. The highest BCUT2D eigenvalue weighted by Gasteiger charge is 2.17. The van der Waals surface area contributed by atoms with Crippen molar-refractivity contribution in [3.8, 4) is 0 Å². The van der Waals surface area contributed by atoms with Crippen molar-refractivity contribution in [1.29, 1.82) is 0 Å². The first-order valence-corrected chi connectivity index (χ1v) is 14.3. The van der Waals surface area contributed by atoms with E-state index in [0.29, 0.717) is 83.8 Å². The van der Waals surface area contributed by atoms with E-state index in [-0.39, 0.29) is 5.91 Å². The number of unbranched alkanes of at least 4 members (excludes halogenated alkanes) is 1. The lowest BCUT2D eigenvalue weighted by atomic mass is 10.2. The van der Waals surface area contributed by atoms with Crippen molar-refractivity contribution in [1.82, 2.24) is 19.9 Å². The number of carbonyl (C=O) groups is 1. The fourth-order valence-corrected chi connectivity index (χ4v) is 4.23. The van der Waals surface area contributed by atoms with Crippen LogP contribution in [0.15, 0.2) is 24.3 Å². The Morgan fingerprint density at radius 3 is 2.25 bits per heavy atom. The molecule has 0 saturated carbocycles. The summed E-state index contributed by atoms with van der Waals surface area (Å²) < 4.78 is 29.6. The van der Waals surface area contributed by atoms with Gasteiger partial charge < -0.3 is 39.3 Å². The van der Waals surface area contributed by atoms with E-state index in [1.807, 2.05) is 31.2 Å². The molecule has 0 unspecified atom stereocenters. The molecule has 2 aromatic heterocycles. The third-order valence-corrected chi connectivity index (χ3v) is 6.19. The van der Waals surface area contributed by atoms with Crippen LogP contribution in [0.2, 0.25) is 0 Å². The van der Waals surface area contributed by atoms with E-state index >= 15 is 0 Å². The number of nitrogens with two attached hydrogens (primary N) is 1. The summed E-state index contributed by atoms with van der Waals surface area (Å²) in [5.74, 6) is 1.23. The smallest absolute Gasteiger partial charge is 0.222 e. The second-order valence-electron chi connectivity index (χ2n) is 9.28. The summed E-state index contributed by atoms with van der Waals surface area (Å²) in [6, 6.07) is 7.95. The average molecular weight is 560 g/mol. The Labute approximate surface area is 236 Å². The van der Waals surface area contributed by atoms with E-state index in [2.05, 4.69) is 21.8 Å². The van der Waals surface area contributed by atoms with E-state index in [0.717, 1.165) is 54.7 Å². The number of nitrogen functional groups attached to an aromatic ring is 1. The number of aromatic nitrogens is 3. The van der Waals surface area contributed by atoms with Gasteiger partial charge >= 0.3 is 0 Å². The molecular weight excluding hydrogens is 514 g/mol. The Morgan fingerprint density at radius 2 is 1.55 bits per heavy atom. The zero-order valence-corrected chi connectivity index (χ0v) is 24.0. The summed E-state index contributed by atoms with van der Waals surface area (Å²) in [5, 5.41) is 3.99. The van der Waals surface area contributed by atoms with Crippen LogP contribution in [-0.4, -0.2) is 86.4 Å². The molecule has 0 aliphatic carbocycles. The van der Waals surface area contributed by atoms with Gasteiger partial charge in [0.1, 0.15) is 17.9 Å². The molecule has 3 aromatic rings. The first-order valence-electron chi connectivity index (χ1n) is 14.3. The van der Waals surface area contributed by atoms with Gasteiger partial charge in [-0.1, -0.05) is 25.1 Å². The first-order chi connectivity index (χ1) is 19.7. The number of hydrogen-bond acceptors (Lipinski definition) is 9. The SMILES string of the molecule is CCCOCCOCCOCCOCCC(=O)NCCCCn1c(COCC)nc2c(N)nc3ccccc3c21. The summed E-state index contributed by atoms with van der Waals surface area (Å²) in [7, 11) is 0. The zero-order chi connectivity index (χ0) is 28.4. The third-order valence-electron chi connectivity index (χ3n) is 6.19. The molecular formula is C29H45N5O6. The van der Waals surface area contributed by atoms with Gasteiger partial charge in [-0.15, -0.1) is 0 Å². The minimum Gasteiger partial charge on any atom is -0.382 e. The molecule has 0 fully saturated rings. The van der Waals surface area contributed by atoms with Crippen molar-refractivity contribution in [2.45, 2.75) is 52.7 Å². The quantitative estimate of drug-likeness (QED) is 0.178. The molecule has 40 heavy (non-hydrogen) atoms. The number of para-hydroxylation sites is 1. The van der Waals surface area contributed by atoms with Crippen LogP contribution in [-0.2, 0) is 41.6 Å². The monoisotopic (exact) mass is 559 g/mol. The predicted molar refractivity (Wildman–Crippen MR) is 155 cm³/mol. The van der Waals surface area contributed by atoms with Crippen molar-refractivity contribution in [2.75, 3.05) is 71.7 Å². The second kappa shape index (κ2) is 18.5. The van der Waals surface area contributed by atoms with Gasteiger partial charge in [-0.05, 0) is 32.3 Å². The molecule has 0 bridgehead atoms. The summed E-state index contributed by atoms with van der Waals surface area (Å²) >= 11 is 0. The third kappa shape index (κ3) is 10.3. The molecule has 0 aliphatic heterocycles. The van der Waals surface area contributed by atoms with E-state index < -0.39 is 0 Å². The first kappa shape index (κ1) is 31.7. The number of hydrogen-bond donors (Lipinski definition) is 2. The van der Waals surface area contributed by atoms with Crippen LogP contribution in [0.25, 0.3) is 21.9 Å². The van der Waals surface area contributed by atoms with Crippen molar-refractivity contribution >= 4 is 33.7 Å². The van der Waals surface area contributed by atoms with Crippen LogP contribution in [0.5, 0.6) is 0 Å². The van der Waals surface area contributed by atoms with Gasteiger partial charge in [0.05, 0.1) is 57.3 Å². The summed E-state index contributed by atoms with van der Waals surface area (Å²) in [6.45, 7) is 10.7. The molecule has 3 rings (SSSR count). The van der Waals surface area contributed by atoms with E-state index in [4.69, 9.17) is 34.4 Å². The standard InChI is InChI=1S/C29H45N5O6/c1-3-14-37-16-18-39-20-21-40-19-17-38-15-11-26(35)31-12-7-8-13-34-25(22-36-4-2)33-27-28(34)23-9-5-6-10-24(23)32-29(27)30/h5-6,9-10H,3-4,7-8,11-22H2,1-2H3,(H2,30,32)(H,31,35). The van der Waals surface area contributed by atoms with E-state index in [1.54, 1.807) is 0 Å². The highest BCUT2D eigenvalue weighted by molar-refractivity contribution is 6.06. The molecule has 0 atom stereocenters. The molecule has 3 N–H and O–H groups in total. The normalized spacial score (nSPS) is 11.6. The van der Waals surface area contributed by atoms with Gasteiger partial charge in [0, 0.05) is 38.1 Å². The molecule has 0 saturated heterocycles. The highest BCUT2D eigenvalue weighted by Crippen LogP contribution is 2.29. The van der Waals surface area contributed by atoms with Gasteiger partial charge in [-0.3, -0.25) is 4.79 Å². The van der Waals surface area contributed by atoms with Gasteiger partial charge in [-0.2, -0.15) is 0 Å². The second-order valence-corrected chi connectivity index (χ2v) is 9.28. The number of nitrogens with zero attached hydrogens (tertiary/aromatic N) is 3. The van der Waals surface area contributed by atoms with E-state index in [1.165, 1.54) is 0 Å². The minimum atomic E-state index is -0.0189. The van der Waals surface area contributed by atoms with Crippen LogP contribution < -0.4 is 11.1 Å². The molecule has 11 nitrogen and oxygen atoms in total. The minimum absolute atomic E-state index is 0.0189. The summed E-state index contributed by atoms with van der Waals surface area (Å²) in [6.07, 6.45) is 3.03. The number of aryl methyl sites for hydroxylation is 1. The molecule has 2 heterocycles. The topological polar surface area (TPSA) is 132 Å². The Morgan fingerprint density at radius 1 is 0.875 bits per heavy atom. The Hall–Kier alpha value is -2.83. The fraction of sp³-hybridized carbons (Fsp3) is 0.621. The fourth-order valence-electron chi connectivity index (χ4n) is 4.23. The number of nitrogens with one attached hydrogen (secondary N) is 1. The summed E-state index contributed by atoms with van der Waals surface area (Å²) in [4.78, 5) is 21.4. The van der Waals surface area contributed by atoms with Crippen LogP contribution in [0, 0.1) is 0 Å². The van der Waals surface area contributed by atoms with Gasteiger partial charge in [-0.25, -0.2) is 9.97 Å². The Bertz CT molecular complexity index is 1150. The van der Waals surface area contributed by atoms with Crippen molar-refractivity contribution in [3.63, 3.8) is 0 Å². The van der Waals surface area contributed by atoms with Crippen LogP contribution in [0.3, 0.4) is 0 Å². The van der Waals surface area contributed by atoms with Crippen molar-refractivity contribution < 1.29 is 28.5 Å². The lowest BCUT2D eigenvalue weighted by Gasteiger charge is -2.11. The predicted octanol–water partition coefficient (Wildman–Crippen LogP) is 3.47. The number of carbonyl (C=O) groups excluding carboxylic acids is 1. The number of pyridine rings is 1. The maximum atomic E-state index is 12.2. The number of anilines is 1. The molecule has 1 aromatic carbocycles. The maximum absolute atomic E-state index is 12.2. The summed E-state index contributed by atoms with van der Waals surface area (Å²) in [5.41, 5.74) is 8.77. The lowest BCUT2D eigenvalue weighted by Crippen LogP contribution is -2.26. The van der Waals surface area contributed by atoms with Gasteiger partial charge in [0.15, 0.2) is 5.82 Å². The molecule has 0 spiro atoms. The number of imidazole rings is 1. The van der Waals surface area contributed by atoms with Crippen LogP contribution in [0.1, 0.15) is 45.4 Å². The maximum Gasteiger partial charge on any atom is 0.222 e. The van der Waals surface area contributed by atoms with E-state index in [9.17, 15) is 4.79 Å². The number of amides is 1. The lowest BCUT2D eigenvalue weighted by molar-refractivity contribution is -0.122. The van der Waals surface area contributed by atoms with Gasteiger partial charge in [0.25, 0.3) is 0 Å². The van der Waals surface area contributed by atoms with Crippen molar-refractivity contribution in [2.24, 2.45) is 0 Å². The highest BCUT2D eigenvalue weighted by atomic mass is 16.6. The number of fused-ring (bicyclic) bond motifs is 3. The van der Waals surface area contributed by atoms with Crippen LogP contribution >= 0.6 is 0 Å². The van der Waals surface area contributed by atoms with Crippen LogP contribution in [0.4, 0.5) is 5.82 Å². The van der Waals surface area contributed by atoms with Gasteiger partial charge in [0.2, 0.25) is 5.91 Å².